The van der Waals surface area contributed by atoms with Crippen molar-refractivity contribution in [3.05, 3.63) is 24.4 Å². The van der Waals surface area contributed by atoms with Crippen LogP contribution in [-0.4, -0.2) is 42.0 Å². The molecular weight excluding hydrogens is 280 g/mol. The monoisotopic (exact) mass is 296 g/mol. The summed E-state index contributed by atoms with van der Waals surface area (Å²) in [6, 6.07) is 0. The van der Waals surface area contributed by atoms with E-state index in [4.69, 9.17) is 0 Å². The Morgan fingerprint density at radius 2 is 1.85 bits per heavy atom. The molecule has 20 heavy (non-hydrogen) atoms. The van der Waals surface area contributed by atoms with Gasteiger partial charge in [-0.2, -0.15) is 8.42 Å². The number of hydrogen-bond acceptors (Lipinski definition) is 6. The lowest BCUT2D eigenvalue weighted by Gasteiger charge is -2.10. The zero-order chi connectivity index (χ0) is 14.9. The van der Waals surface area contributed by atoms with Crippen molar-refractivity contribution in [1.29, 1.82) is 0 Å². The predicted molar refractivity (Wildman–Crippen MR) is 75.1 cm³/mol. The molecule has 9 heteroatoms. The molecule has 0 atom stereocenters. The Morgan fingerprint density at radius 1 is 1.25 bits per heavy atom. The Bertz CT molecular complexity index is 686. The lowest BCUT2D eigenvalue weighted by molar-refractivity contribution is 0.598. The number of hydrogen-bond donors (Lipinski definition) is 1. The van der Waals surface area contributed by atoms with Gasteiger partial charge >= 0.3 is 0 Å². The summed E-state index contributed by atoms with van der Waals surface area (Å²) < 4.78 is 28.3. The number of nitrogens with one attached hydrogen (secondary N) is 1. The Labute approximate surface area is 117 Å². The second-order valence-electron chi connectivity index (χ2n) is 4.51. The molecule has 1 N–H and O–H groups in total. The molecule has 0 aliphatic carbocycles. The normalized spacial score (nSPS) is 11.4. The first-order valence-electron chi connectivity index (χ1n) is 5.82. The van der Waals surface area contributed by atoms with Crippen molar-refractivity contribution in [1.82, 2.24) is 19.5 Å². The van der Waals surface area contributed by atoms with Crippen LogP contribution in [0.15, 0.2) is 23.6 Å². The van der Waals surface area contributed by atoms with E-state index in [0.717, 1.165) is 0 Å². The van der Waals surface area contributed by atoms with Gasteiger partial charge in [0.2, 0.25) is 5.95 Å². The van der Waals surface area contributed by atoms with Crippen LogP contribution in [0.4, 0.5) is 11.6 Å². The van der Waals surface area contributed by atoms with Crippen molar-refractivity contribution in [3.63, 3.8) is 0 Å². The summed E-state index contributed by atoms with van der Waals surface area (Å²) in [6.45, 7) is 1.73. The molecule has 0 fully saturated rings. The van der Waals surface area contributed by atoms with E-state index in [1.807, 2.05) is 0 Å². The van der Waals surface area contributed by atoms with Gasteiger partial charge in [0, 0.05) is 27.3 Å². The molecule has 0 spiro atoms. The van der Waals surface area contributed by atoms with Crippen molar-refractivity contribution in [2.45, 2.75) is 11.9 Å². The number of aryl methyl sites for hydroxylation is 2. The zero-order valence-corrected chi connectivity index (χ0v) is 12.5. The molecule has 0 bridgehead atoms. The highest BCUT2D eigenvalue weighted by Gasteiger charge is 2.19. The van der Waals surface area contributed by atoms with Crippen molar-refractivity contribution >= 4 is 21.7 Å². The van der Waals surface area contributed by atoms with Gasteiger partial charge in [-0.1, -0.05) is 0 Å². The molecule has 0 saturated heterocycles. The van der Waals surface area contributed by atoms with E-state index in [-0.39, 0.29) is 5.03 Å². The fraction of sp³-hybridized carbons (Fsp3) is 0.364. The largest absolute Gasteiger partial charge is 0.347 e. The molecule has 108 valence electrons. The van der Waals surface area contributed by atoms with Crippen LogP contribution in [-0.2, 0) is 17.1 Å². The number of aromatic nitrogens is 4. The van der Waals surface area contributed by atoms with E-state index < -0.39 is 10.0 Å². The average molecular weight is 296 g/mol. The first-order valence-corrected chi connectivity index (χ1v) is 7.30. The molecule has 2 rings (SSSR count). The van der Waals surface area contributed by atoms with E-state index >= 15 is 0 Å². The molecule has 0 amide bonds. The second kappa shape index (κ2) is 5.08. The maximum Gasteiger partial charge on any atom is 0.281 e. The quantitative estimate of drug-likeness (QED) is 0.877. The van der Waals surface area contributed by atoms with Crippen LogP contribution in [0.3, 0.4) is 0 Å². The van der Waals surface area contributed by atoms with E-state index in [2.05, 4.69) is 19.7 Å². The summed E-state index contributed by atoms with van der Waals surface area (Å²) in [4.78, 5) is 13.8. The molecular formula is C11H16N6O2S. The van der Waals surface area contributed by atoms with Crippen molar-refractivity contribution in [2.75, 3.05) is 23.7 Å². The fourth-order valence-corrected chi connectivity index (χ4v) is 2.54. The number of imidazole rings is 1. The van der Waals surface area contributed by atoms with Crippen LogP contribution >= 0.6 is 0 Å². The molecule has 0 saturated carbocycles. The van der Waals surface area contributed by atoms with E-state index in [1.54, 1.807) is 37.5 Å². The molecule has 2 aromatic heterocycles. The highest BCUT2D eigenvalue weighted by atomic mass is 32.2. The zero-order valence-electron chi connectivity index (χ0n) is 11.7. The van der Waals surface area contributed by atoms with Crippen LogP contribution < -0.4 is 9.62 Å². The molecule has 8 nitrogen and oxygen atoms in total. The number of anilines is 2. The topological polar surface area (TPSA) is 93.0 Å². The third-order valence-corrected chi connectivity index (χ3v) is 3.90. The summed E-state index contributed by atoms with van der Waals surface area (Å²) in [6.07, 6.45) is 4.28. The van der Waals surface area contributed by atoms with Crippen LogP contribution in [0.1, 0.15) is 5.82 Å². The molecule has 2 aromatic rings. The SMILES string of the molecule is Cc1nc(S(=O)(=O)Nc2cnc(N(C)C)nc2)cn1C. The Hall–Kier alpha value is -2.16. The van der Waals surface area contributed by atoms with Gasteiger partial charge in [-0.3, -0.25) is 4.72 Å². The fourth-order valence-electron chi connectivity index (χ4n) is 1.47. The number of nitrogens with zero attached hydrogens (tertiary/aromatic N) is 5. The number of sulfonamides is 1. The molecule has 0 aliphatic rings. The number of rotatable bonds is 4. The molecule has 0 radical (unpaired) electrons. The summed E-state index contributed by atoms with van der Waals surface area (Å²) >= 11 is 0. The van der Waals surface area contributed by atoms with Gasteiger partial charge in [0.05, 0.1) is 18.1 Å². The minimum atomic E-state index is -3.72. The minimum absolute atomic E-state index is 0.0332. The lowest BCUT2D eigenvalue weighted by atomic mass is 10.6. The Balaban J connectivity index is 2.24. The van der Waals surface area contributed by atoms with Gasteiger partial charge < -0.3 is 9.47 Å². The highest BCUT2D eigenvalue weighted by molar-refractivity contribution is 7.92. The van der Waals surface area contributed by atoms with Crippen molar-refractivity contribution in [2.24, 2.45) is 7.05 Å². The van der Waals surface area contributed by atoms with Crippen LogP contribution in [0.5, 0.6) is 0 Å². The Kier molecular flexibility index (Phi) is 3.62. The summed E-state index contributed by atoms with van der Waals surface area (Å²) in [5, 5.41) is -0.0332. The first-order chi connectivity index (χ1) is 9.29. The van der Waals surface area contributed by atoms with Gasteiger partial charge in [-0.05, 0) is 6.92 Å². The second-order valence-corrected chi connectivity index (χ2v) is 6.14. The van der Waals surface area contributed by atoms with Crippen LogP contribution in [0, 0.1) is 6.92 Å². The van der Waals surface area contributed by atoms with Gasteiger partial charge in [0.1, 0.15) is 5.82 Å². The summed E-state index contributed by atoms with van der Waals surface area (Å²) in [5.41, 5.74) is 0.291. The molecule has 0 aliphatic heterocycles. The molecule has 0 unspecified atom stereocenters. The van der Waals surface area contributed by atoms with E-state index in [1.165, 1.54) is 18.6 Å². The smallest absolute Gasteiger partial charge is 0.281 e. The maximum absolute atomic E-state index is 12.1. The van der Waals surface area contributed by atoms with E-state index in [9.17, 15) is 8.42 Å². The van der Waals surface area contributed by atoms with Crippen LogP contribution in [0.25, 0.3) is 0 Å². The first kappa shape index (κ1) is 14.3. The van der Waals surface area contributed by atoms with Crippen LogP contribution in [0.2, 0.25) is 0 Å². The van der Waals surface area contributed by atoms with Gasteiger partial charge in [0.25, 0.3) is 10.0 Å². The van der Waals surface area contributed by atoms with Gasteiger partial charge in [-0.25, -0.2) is 15.0 Å². The van der Waals surface area contributed by atoms with Gasteiger partial charge in [0.15, 0.2) is 5.03 Å². The van der Waals surface area contributed by atoms with E-state index in [0.29, 0.717) is 17.5 Å². The standard InChI is InChI=1S/C11H16N6O2S/c1-8-14-10(7-17(8)4)20(18,19)15-9-5-12-11(13-6-9)16(2)3/h5-7,15H,1-4H3. The van der Waals surface area contributed by atoms with Crippen molar-refractivity contribution < 1.29 is 8.42 Å². The molecule has 2 heterocycles. The van der Waals surface area contributed by atoms with Gasteiger partial charge in [-0.15, -0.1) is 0 Å². The highest BCUT2D eigenvalue weighted by Crippen LogP contribution is 2.14. The predicted octanol–water partition coefficient (Wildman–Crippen LogP) is 0.385. The maximum atomic E-state index is 12.1. The van der Waals surface area contributed by atoms with Crippen molar-refractivity contribution in [3.8, 4) is 0 Å². The third-order valence-electron chi connectivity index (χ3n) is 2.65. The average Bonchev–Trinajstić information content (AvgIpc) is 2.71. The third kappa shape index (κ3) is 2.87. The Morgan fingerprint density at radius 3 is 2.30 bits per heavy atom. The molecule has 0 aromatic carbocycles. The summed E-state index contributed by atoms with van der Waals surface area (Å²) in [5.74, 6) is 1.12. The lowest BCUT2D eigenvalue weighted by Crippen LogP contribution is -2.16. The minimum Gasteiger partial charge on any atom is -0.347 e. The summed E-state index contributed by atoms with van der Waals surface area (Å²) in [7, 11) is 1.61.